The number of nitrogens with zero attached hydrogens (tertiary/aromatic N) is 2. The summed E-state index contributed by atoms with van der Waals surface area (Å²) in [5, 5.41) is 3.71. The van der Waals surface area contributed by atoms with Crippen LogP contribution in [-0.2, 0) is 25.5 Å². The Morgan fingerprint density at radius 3 is 1.98 bits per heavy atom. The van der Waals surface area contributed by atoms with Crippen molar-refractivity contribution in [1.82, 2.24) is 9.97 Å². The van der Waals surface area contributed by atoms with Crippen LogP contribution in [0.25, 0.3) is 66.7 Å². The number of fused-ring (bicyclic) bond motifs is 3. The number of rotatable bonds is 8. The number of aromatic nitrogens is 2. The molecule has 5 heteroatoms. The molecule has 0 fully saturated rings. The molecular weight excluding hydrogens is 961 g/mol. The van der Waals surface area contributed by atoms with Crippen LogP contribution in [0.1, 0.15) is 67.0 Å². The number of aryl methyl sites for hydroxylation is 3. The summed E-state index contributed by atoms with van der Waals surface area (Å²) in [5.74, 6) is 0.501. The molecular formula is C58H56IrN2OSi-2. The van der Waals surface area contributed by atoms with Crippen LogP contribution in [-0.4, -0.2) is 18.0 Å². The molecule has 9 rings (SSSR count). The molecule has 3 heterocycles. The van der Waals surface area contributed by atoms with Crippen LogP contribution < -0.4 is 5.19 Å². The Labute approximate surface area is 389 Å². The Balaban J connectivity index is 0.000000201. The zero-order chi connectivity index (χ0) is 43.8. The van der Waals surface area contributed by atoms with E-state index in [1.807, 2.05) is 24.4 Å². The molecule has 0 N–H and O–H groups in total. The molecule has 0 aliphatic heterocycles. The van der Waals surface area contributed by atoms with Gasteiger partial charge in [0.1, 0.15) is 5.58 Å². The topological polar surface area (TPSA) is 38.9 Å². The summed E-state index contributed by atoms with van der Waals surface area (Å²) in [6, 6.07) is 55.8. The standard InChI is InChI=1S/C35H30NO.C23H26NSi.Ir/c1-22-18-23(2)33(24(3)19-22)26-16-17-36-30(21-26)25-14-15-31-28(20-25)34-29(12-9-13-32(34)37-31)35(4,5)27-10-7-6-8-11-27;1-17(2)21-15-22(24-16-23(21)25(3,4)5)20-13-9-12-19(14-20)18-10-7-6-8-11-18;/h6-13,15-21H,1-5H3;6-12,14-17H,1-5H3;/q2*-1;. The number of pyridine rings is 2. The van der Waals surface area contributed by atoms with Crippen molar-refractivity contribution in [3.05, 3.63) is 197 Å². The van der Waals surface area contributed by atoms with Gasteiger partial charge in [-0.1, -0.05) is 161 Å². The molecule has 0 amide bonds. The van der Waals surface area contributed by atoms with E-state index in [2.05, 4.69) is 208 Å². The Hall–Kier alpha value is -5.71. The first kappa shape index (κ1) is 45.3. The summed E-state index contributed by atoms with van der Waals surface area (Å²) in [5.41, 5.74) is 18.2. The van der Waals surface area contributed by atoms with Crippen LogP contribution in [0.15, 0.2) is 156 Å². The molecule has 3 aromatic heterocycles. The van der Waals surface area contributed by atoms with Gasteiger partial charge in [0.2, 0.25) is 0 Å². The second-order valence-corrected chi connectivity index (χ2v) is 23.6. The fourth-order valence-corrected chi connectivity index (χ4v) is 10.6. The van der Waals surface area contributed by atoms with Crippen LogP contribution in [0.4, 0.5) is 0 Å². The Kier molecular flexibility index (Phi) is 13.3. The van der Waals surface area contributed by atoms with Crippen molar-refractivity contribution in [2.24, 2.45) is 0 Å². The van der Waals surface area contributed by atoms with Gasteiger partial charge < -0.3 is 14.4 Å². The van der Waals surface area contributed by atoms with Gasteiger partial charge >= 0.3 is 0 Å². The van der Waals surface area contributed by atoms with Gasteiger partial charge in [0.25, 0.3) is 0 Å². The molecule has 0 aliphatic rings. The third kappa shape index (κ3) is 9.48. The van der Waals surface area contributed by atoms with Crippen LogP contribution in [0.3, 0.4) is 0 Å². The van der Waals surface area contributed by atoms with Gasteiger partial charge in [-0.15, -0.1) is 59.2 Å². The monoisotopic (exact) mass is 1020 g/mol. The molecule has 9 aromatic rings. The molecule has 3 nitrogen and oxygen atoms in total. The molecule has 0 bridgehead atoms. The van der Waals surface area contributed by atoms with E-state index in [1.54, 1.807) is 0 Å². The predicted molar refractivity (Wildman–Crippen MR) is 265 cm³/mol. The third-order valence-electron chi connectivity index (χ3n) is 12.1. The summed E-state index contributed by atoms with van der Waals surface area (Å²) < 4.78 is 6.30. The number of hydrogen-bond acceptors (Lipinski definition) is 3. The van der Waals surface area contributed by atoms with Gasteiger partial charge in [-0.3, -0.25) is 0 Å². The Bertz CT molecular complexity index is 3010. The van der Waals surface area contributed by atoms with Crippen molar-refractivity contribution in [1.29, 1.82) is 0 Å². The molecule has 0 aliphatic carbocycles. The van der Waals surface area contributed by atoms with Gasteiger partial charge in [-0.05, 0) is 94.3 Å². The van der Waals surface area contributed by atoms with E-state index in [0.717, 1.165) is 44.5 Å². The fourth-order valence-electron chi connectivity index (χ4n) is 8.97. The van der Waals surface area contributed by atoms with Gasteiger partial charge in [0.05, 0.1) is 13.7 Å². The summed E-state index contributed by atoms with van der Waals surface area (Å²) >= 11 is 0. The zero-order valence-corrected chi connectivity index (χ0v) is 41.5. The Morgan fingerprint density at radius 2 is 1.30 bits per heavy atom. The molecule has 63 heavy (non-hydrogen) atoms. The SMILES string of the molecule is CC(C)c1cc(-c2[c-]ccc(-c3ccccc3)c2)ncc1[Si](C)(C)C.Cc1cc(C)c(-c2ccnc(-c3[c-]cc4oc5cccc(C(C)(C)c6ccccc6)c5c4c3)c2)c(C)c1.[Ir]. The summed E-state index contributed by atoms with van der Waals surface area (Å²) in [6.07, 6.45) is 4.01. The second-order valence-electron chi connectivity index (χ2n) is 18.5. The number of furan rings is 1. The van der Waals surface area contributed by atoms with E-state index < -0.39 is 8.07 Å². The maximum Gasteiger partial charge on any atom is 0.121 e. The number of benzene rings is 6. The molecule has 0 saturated heterocycles. The fraction of sp³-hybridized carbons (Fsp3) is 0.207. The van der Waals surface area contributed by atoms with Crippen molar-refractivity contribution in [2.45, 2.75) is 79.4 Å². The van der Waals surface area contributed by atoms with E-state index in [9.17, 15) is 0 Å². The molecule has 0 saturated carbocycles. The zero-order valence-electron chi connectivity index (χ0n) is 38.1. The predicted octanol–water partition coefficient (Wildman–Crippen LogP) is 15.2. The largest absolute Gasteiger partial charge is 0.500 e. The van der Waals surface area contributed by atoms with Crippen LogP contribution in [0, 0.1) is 32.9 Å². The van der Waals surface area contributed by atoms with Crippen molar-refractivity contribution in [3.63, 3.8) is 0 Å². The van der Waals surface area contributed by atoms with E-state index >= 15 is 0 Å². The quantitative estimate of drug-likeness (QED) is 0.112. The summed E-state index contributed by atoms with van der Waals surface area (Å²) in [7, 11) is -1.40. The average Bonchev–Trinajstić information content (AvgIpc) is 3.65. The first-order valence-electron chi connectivity index (χ1n) is 21.7. The van der Waals surface area contributed by atoms with Crippen LogP contribution in [0.5, 0.6) is 0 Å². The van der Waals surface area contributed by atoms with Crippen LogP contribution in [0.2, 0.25) is 19.6 Å². The van der Waals surface area contributed by atoms with Crippen molar-refractivity contribution >= 4 is 35.2 Å². The molecule has 0 atom stereocenters. The third-order valence-corrected chi connectivity index (χ3v) is 14.2. The smallest absolute Gasteiger partial charge is 0.121 e. The Morgan fingerprint density at radius 1 is 0.635 bits per heavy atom. The van der Waals surface area contributed by atoms with Gasteiger partial charge in [-0.25, -0.2) is 0 Å². The van der Waals surface area contributed by atoms with Crippen molar-refractivity contribution in [3.8, 4) is 44.8 Å². The minimum absolute atomic E-state index is 0. The maximum atomic E-state index is 6.30. The first-order valence-corrected chi connectivity index (χ1v) is 25.2. The van der Waals surface area contributed by atoms with E-state index in [4.69, 9.17) is 14.4 Å². The number of hydrogen-bond donors (Lipinski definition) is 0. The van der Waals surface area contributed by atoms with Crippen LogP contribution >= 0.6 is 0 Å². The molecule has 319 valence electrons. The summed E-state index contributed by atoms with van der Waals surface area (Å²) in [4.78, 5) is 9.54. The van der Waals surface area contributed by atoms with Crippen molar-refractivity contribution < 1.29 is 24.5 Å². The van der Waals surface area contributed by atoms with Gasteiger partial charge in [0.15, 0.2) is 0 Å². The van der Waals surface area contributed by atoms with Crippen molar-refractivity contribution in [2.75, 3.05) is 0 Å². The molecule has 6 aromatic carbocycles. The van der Waals surface area contributed by atoms with E-state index in [-0.39, 0.29) is 25.5 Å². The second kappa shape index (κ2) is 18.6. The van der Waals surface area contributed by atoms with E-state index in [1.165, 1.54) is 60.8 Å². The van der Waals surface area contributed by atoms with Gasteiger partial charge in [-0.2, -0.15) is 0 Å². The van der Waals surface area contributed by atoms with E-state index in [0.29, 0.717) is 5.92 Å². The average molecular weight is 1020 g/mol. The molecule has 0 spiro atoms. The van der Waals surface area contributed by atoms with Gasteiger partial charge in [0, 0.05) is 43.3 Å². The molecule has 0 unspecified atom stereocenters. The minimum Gasteiger partial charge on any atom is -0.500 e. The maximum absolute atomic E-state index is 6.30. The normalized spacial score (nSPS) is 11.7. The minimum atomic E-state index is -1.40. The molecule has 1 radical (unpaired) electrons. The first-order chi connectivity index (χ1) is 29.7. The summed E-state index contributed by atoms with van der Waals surface area (Å²) in [6.45, 7) is 22.8.